The highest BCUT2D eigenvalue weighted by Gasteiger charge is 2.44. The summed E-state index contributed by atoms with van der Waals surface area (Å²) in [6, 6.07) is 0. The molecule has 134 valence electrons. The first kappa shape index (κ1) is 19.9. The van der Waals surface area contributed by atoms with Crippen LogP contribution < -0.4 is 0 Å². The molecule has 1 aliphatic rings. The van der Waals surface area contributed by atoms with Gasteiger partial charge in [0.1, 0.15) is 6.61 Å². The predicted octanol–water partition coefficient (Wildman–Crippen LogP) is 1.27. The second kappa shape index (κ2) is 9.85. The minimum Gasteiger partial charge on any atom is -0.463 e. The van der Waals surface area contributed by atoms with Crippen LogP contribution in [0.25, 0.3) is 0 Å². The Morgan fingerprint density at radius 3 is 2.35 bits per heavy atom. The number of esters is 2. The first-order valence-electron chi connectivity index (χ1n) is 8.05. The summed E-state index contributed by atoms with van der Waals surface area (Å²) in [6.07, 6.45) is -0.215. The molecule has 0 radical (unpaired) electrons. The van der Waals surface area contributed by atoms with Crippen LogP contribution in [0.1, 0.15) is 40.5 Å². The molecular formula is C16H28O7. The lowest BCUT2D eigenvalue weighted by atomic mass is 9.83. The van der Waals surface area contributed by atoms with Crippen LogP contribution in [0.4, 0.5) is 0 Å². The first-order chi connectivity index (χ1) is 10.9. The van der Waals surface area contributed by atoms with Gasteiger partial charge in [0, 0.05) is 33.0 Å². The van der Waals surface area contributed by atoms with Crippen molar-refractivity contribution in [1.29, 1.82) is 0 Å². The number of aliphatic hydroxyl groups excluding tert-OH is 1. The topological polar surface area (TPSA) is 91.3 Å². The van der Waals surface area contributed by atoms with Gasteiger partial charge in [-0.15, -0.1) is 0 Å². The van der Waals surface area contributed by atoms with Gasteiger partial charge in [-0.2, -0.15) is 0 Å². The Labute approximate surface area is 137 Å². The summed E-state index contributed by atoms with van der Waals surface area (Å²) in [5.74, 6) is -0.719. The van der Waals surface area contributed by atoms with Crippen LogP contribution in [-0.2, 0) is 28.5 Å². The minimum absolute atomic E-state index is 0.00366. The average Bonchev–Trinajstić information content (AvgIpc) is 2.48. The van der Waals surface area contributed by atoms with E-state index in [1.165, 1.54) is 13.8 Å². The summed E-state index contributed by atoms with van der Waals surface area (Å²) in [5, 5.41) is 8.81. The van der Waals surface area contributed by atoms with Crippen molar-refractivity contribution in [3.8, 4) is 0 Å². The molecule has 2 unspecified atom stereocenters. The number of carbonyl (C=O) groups is 2. The lowest BCUT2D eigenvalue weighted by Gasteiger charge is -2.43. The average molecular weight is 332 g/mol. The molecule has 0 aromatic heterocycles. The van der Waals surface area contributed by atoms with E-state index in [2.05, 4.69) is 0 Å². The third kappa shape index (κ3) is 6.45. The summed E-state index contributed by atoms with van der Waals surface area (Å²) < 4.78 is 22.0. The van der Waals surface area contributed by atoms with E-state index in [9.17, 15) is 9.59 Å². The standard InChI is InChI=1S/C16H28O7/c1-10-11(2)15(22-13(4)19)16(20-8-6-5-7-17)23-14(10)9-21-12(3)18/h10-11,14-17H,5-9H2,1-4H3/t10-,11-,14?,15?,16+/m0/s1. The fraction of sp³-hybridized carbons (Fsp3) is 0.875. The molecule has 1 rings (SSSR count). The molecule has 23 heavy (non-hydrogen) atoms. The maximum absolute atomic E-state index is 11.3. The van der Waals surface area contributed by atoms with Crippen LogP contribution in [-0.4, -0.2) is 55.4 Å². The second-order valence-electron chi connectivity index (χ2n) is 5.94. The molecule has 0 spiro atoms. The maximum atomic E-state index is 11.3. The van der Waals surface area contributed by atoms with Gasteiger partial charge < -0.3 is 24.1 Å². The number of ether oxygens (including phenoxy) is 4. The first-order valence-corrected chi connectivity index (χ1v) is 8.05. The highest BCUT2D eigenvalue weighted by atomic mass is 16.7. The molecule has 1 aliphatic heterocycles. The van der Waals surface area contributed by atoms with E-state index in [1.807, 2.05) is 13.8 Å². The van der Waals surface area contributed by atoms with Gasteiger partial charge in [-0.25, -0.2) is 0 Å². The van der Waals surface area contributed by atoms with Crippen molar-refractivity contribution in [3.63, 3.8) is 0 Å². The molecule has 1 heterocycles. The van der Waals surface area contributed by atoms with E-state index in [-0.39, 0.29) is 43.1 Å². The van der Waals surface area contributed by atoms with Crippen molar-refractivity contribution in [1.82, 2.24) is 0 Å². The van der Waals surface area contributed by atoms with Crippen LogP contribution in [0.3, 0.4) is 0 Å². The number of hydrogen-bond acceptors (Lipinski definition) is 7. The molecule has 0 bridgehead atoms. The zero-order valence-corrected chi connectivity index (χ0v) is 14.3. The molecule has 0 amide bonds. The third-order valence-electron chi connectivity index (χ3n) is 4.10. The number of carbonyl (C=O) groups excluding carboxylic acids is 2. The smallest absolute Gasteiger partial charge is 0.303 e. The Kier molecular flexibility index (Phi) is 8.51. The van der Waals surface area contributed by atoms with Gasteiger partial charge in [0.25, 0.3) is 0 Å². The quantitative estimate of drug-likeness (QED) is 0.528. The van der Waals surface area contributed by atoms with Crippen molar-refractivity contribution in [2.45, 2.75) is 59.0 Å². The Morgan fingerprint density at radius 1 is 1.09 bits per heavy atom. The van der Waals surface area contributed by atoms with Crippen LogP contribution in [0.5, 0.6) is 0 Å². The lowest BCUT2D eigenvalue weighted by molar-refractivity contribution is -0.280. The van der Waals surface area contributed by atoms with E-state index in [0.717, 1.165) is 0 Å². The van der Waals surface area contributed by atoms with Crippen molar-refractivity contribution < 1.29 is 33.6 Å². The molecule has 0 aliphatic carbocycles. The van der Waals surface area contributed by atoms with Crippen molar-refractivity contribution in [2.24, 2.45) is 11.8 Å². The van der Waals surface area contributed by atoms with Crippen LogP contribution in [0, 0.1) is 11.8 Å². The fourth-order valence-electron chi connectivity index (χ4n) is 2.55. The maximum Gasteiger partial charge on any atom is 0.303 e. The summed E-state index contributed by atoms with van der Waals surface area (Å²) >= 11 is 0. The monoisotopic (exact) mass is 332 g/mol. The van der Waals surface area contributed by atoms with Crippen molar-refractivity contribution >= 4 is 11.9 Å². The molecule has 1 saturated heterocycles. The van der Waals surface area contributed by atoms with Gasteiger partial charge in [-0.05, 0) is 18.8 Å². The molecule has 7 heteroatoms. The SMILES string of the molecule is CC(=O)OCC1O[C@@H](OCCCCO)C(OC(C)=O)[C@@H](C)[C@@H]1C. The summed E-state index contributed by atoms with van der Waals surface area (Å²) in [5.41, 5.74) is 0. The van der Waals surface area contributed by atoms with Gasteiger partial charge in [-0.3, -0.25) is 9.59 Å². The third-order valence-corrected chi connectivity index (χ3v) is 4.10. The van der Waals surface area contributed by atoms with Crippen molar-refractivity contribution in [2.75, 3.05) is 19.8 Å². The van der Waals surface area contributed by atoms with E-state index in [4.69, 9.17) is 24.1 Å². The van der Waals surface area contributed by atoms with E-state index >= 15 is 0 Å². The normalized spacial score (nSPS) is 30.7. The zero-order chi connectivity index (χ0) is 17.4. The largest absolute Gasteiger partial charge is 0.463 e. The lowest BCUT2D eigenvalue weighted by Crippen LogP contribution is -2.53. The van der Waals surface area contributed by atoms with Crippen LogP contribution in [0.15, 0.2) is 0 Å². The van der Waals surface area contributed by atoms with E-state index < -0.39 is 12.4 Å². The Bertz CT molecular complexity index is 383. The van der Waals surface area contributed by atoms with Gasteiger partial charge in [0.15, 0.2) is 12.4 Å². The predicted molar refractivity (Wildman–Crippen MR) is 81.4 cm³/mol. The summed E-state index contributed by atoms with van der Waals surface area (Å²) in [6.45, 7) is 7.27. The Hall–Kier alpha value is -1.18. The Balaban J connectivity index is 2.71. The molecule has 5 atom stereocenters. The van der Waals surface area contributed by atoms with Crippen molar-refractivity contribution in [3.05, 3.63) is 0 Å². The number of unbranched alkanes of at least 4 members (excludes halogenated alkanes) is 1. The second-order valence-corrected chi connectivity index (χ2v) is 5.94. The molecule has 7 nitrogen and oxygen atoms in total. The molecule has 0 saturated carbocycles. The Morgan fingerprint density at radius 2 is 1.78 bits per heavy atom. The fourth-order valence-corrected chi connectivity index (χ4v) is 2.55. The number of rotatable bonds is 8. The van der Waals surface area contributed by atoms with Gasteiger partial charge in [0.2, 0.25) is 0 Å². The molecule has 1 N–H and O–H groups in total. The van der Waals surface area contributed by atoms with Crippen LogP contribution in [0.2, 0.25) is 0 Å². The number of hydrogen-bond donors (Lipinski definition) is 1. The summed E-state index contributed by atoms with van der Waals surface area (Å²) in [4.78, 5) is 22.4. The molecule has 0 aromatic carbocycles. The van der Waals surface area contributed by atoms with Gasteiger partial charge >= 0.3 is 11.9 Å². The zero-order valence-electron chi connectivity index (χ0n) is 14.3. The molecule has 0 aromatic rings. The highest BCUT2D eigenvalue weighted by molar-refractivity contribution is 5.66. The van der Waals surface area contributed by atoms with E-state index in [0.29, 0.717) is 19.4 Å². The van der Waals surface area contributed by atoms with Crippen LogP contribution >= 0.6 is 0 Å². The summed E-state index contributed by atoms with van der Waals surface area (Å²) in [7, 11) is 0. The van der Waals surface area contributed by atoms with Gasteiger partial charge in [0.05, 0.1) is 6.10 Å². The van der Waals surface area contributed by atoms with Gasteiger partial charge in [-0.1, -0.05) is 13.8 Å². The van der Waals surface area contributed by atoms with E-state index in [1.54, 1.807) is 0 Å². The molecular weight excluding hydrogens is 304 g/mol. The number of aliphatic hydroxyl groups is 1. The molecule has 1 fully saturated rings. The minimum atomic E-state index is -0.704. The highest BCUT2D eigenvalue weighted by Crippen LogP contribution is 2.33.